The number of benzene rings is 2. The number of likely N-dealkylation sites (tertiary alicyclic amines) is 1. The van der Waals surface area contributed by atoms with Crippen molar-refractivity contribution in [1.82, 2.24) is 14.9 Å². The van der Waals surface area contributed by atoms with Gasteiger partial charge in [-0.3, -0.25) is 9.59 Å². The molecule has 0 saturated carbocycles. The highest BCUT2D eigenvalue weighted by Gasteiger charge is 2.26. The van der Waals surface area contributed by atoms with Gasteiger partial charge in [-0.1, -0.05) is 18.2 Å². The predicted octanol–water partition coefficient (Wildman–Crippen LogP) is 3.96. The highest BCUT2D eigenvalue weighted by atomic mass is 19.1. The van der Waals surface area contributed by atoms with Crippen LogP contribution in [0.15, 0.2) is 60.8 Å². The minimum Gasteiger partial charge on any atom is -0.484 e. The summed E-state index contributed by atoms with van der Waals surface area (Å²) in [4.78, 5) is 35.8. The number of piperidine rings is 1. The van der Waals surface area contributed by atoms with Crippen LogP contribution >= 0.6 is 0 Å². The van der Waals surface area contributed by atoms with Crippen molar-refractivity contribution < 1.29 is 18.7 Å². The lowest BCUT2D eigenvalue weighted by molar-refractivity contribution is -0.134. The molecule has 1 aliphatic rings. The van der Waals surface area contributed by atoms with Crippen molar-refractivity contribution in [1.29, 1.82) is 0 Å². The number of halogens is 1. The van der Waals surface area contributed by atoms with E-state index in [4.69, 9.17) is 4.74 Å². The molecule has 0 aliphatic carbocycles. The van der Waals surface area contributed by atoms with E-state index in [1.165, 1.54) is 30.5 Å². The maximum absolute atomic E-state index is 13.0. The van der Waals surface area contributed by atoms with Crippen LogP contribution in [-0.2, 0) is 4.79 Å². The van der Waals surface area contributed by atoms with Crippen LogP contribution in [0.2, 0.25) is 0 Å². The number of nitrogens with one attached hydrogen (secondary N) is 1. The van der Waals surface area contributed by atoms with Gasteiger partial charge in [-0.2, -0.15) is 0 Å². The van der Waals surface area contributed by atoms with Gasteiger partial charge in [0.25, 0.3) is 11.8 Å². The van der Waals surface area contributed by atoms with Crippen LogP contribution in [-0.4, -0.2) is 46.4 Å². The van der Waals surface area contributed by atoms with Gasteiger partial charge < -0.3 is 15.0 Å². The Labute approximate surface area is 191 Å². The Morgan fingerprint density at radius 1 is 1.09 bits per heavy atom. The molecule has 3 aromatic rings. The van der Waals surface area contributed by atoms with Crippen LogP contribution in [0, 0.1) is 12.7 Å². The molecule has 0 unspecified atom stereocenters. The van der Waals surface area contributed by atoms with Gasteiger partial charge in [-0.25, -0.2) is 14.4 Å². The summed E-state index contributed by atoms with van der Waals surface area (Å²) in [7, 11) is 0. The van der Waals surface area contributed by atoms with Gasteiger partial charge in [-0.05, 0) is 56.2 Å². The van der Waals surface area contributed by atoms with Gasteiger partial charge in [0, 0.05) is 30.9 Å². The maximum atomic E-state index is 13.0. The minimum atomic E-state index is -0.367. The number of ether oxygens (including phenoxy) is 1. The number of carbonyl (C=O) groups is 2. The first kappa shape index (κ1) is 22.4. The normalized spacial score (nSPS) is 14.1. The van der Waals surface area contributed by atoms with Crippen LogP contribution in [0.3, 0.4) is 0 Å². The summed E-state index contributed by atoms with van der Waals surface area (Å²) in [6, 6.07) is 14.8. The lowest BCUT2D eigenvalue weighted by atomic mass is 9.95. The number of para-hydroxylation sites is 1. The van der Waals surface area contributed by atoms with Crippen LogP contribution in [0.1, 0.15) is 40.6 Å². The summed E-state index contributed by atoms with van der Waals surface area (Å²) in [5, 5.41) is 2.73. The van der Waals surface area contributed by atoms with E-state index >= 15 is 0 Å². The Bertz CT molecular complexity index is 1110. The third-order valence-corrected chi connectivity index (χ3v) is 5.66. The molecule has 7 nitrogen and oxygen atoms in total. The fourth-order valence-corrected chi connectivity index (χ4v) is 3.78. The molecule has 0 radical (unpaired) electrons. The number of nitrogens with zero attached hydrogens (tertiary/aromatic N) is 3. The van der Waals surface area contributed by atoms with Crippen LogP contribution in [0.5, 0.6) is 5.75 Å². The van der Waals surface area contributed by atoms with E-state index in [2.05, 4.69) is 15.3 Å². The highest BCUT2D eigenvalue weighted by Crippen LogP contribution is 2.26. The molecule has 1 fully saturated rings. The van der Waals surface area contributed by atoms with Crippen LogP contribution in [0.25, 0.3) is 0 Å². The van der Waals surface area contributed by atoms with E-state index in [-0.39, 0.29) is 30.2 Å². The average Bonchev–Trinajstić information content (AvgIpc) is 2.84. The van der Waals surface area contributed by atoms with Crippen LogP contribution in [0.4, 0.5) is 10.1 Å². The van der Waals surface area contributed by atoms with Crippen molar-refractivity contribution in [3.8, 4) is 5.75 Å². The minimum absolute atomic E-state index is 0.0160. The second kappa shape index (κ2) is 10.2. The smallest absolute Gasteiger partial charge is 0.260 e. The first-order chi connectivity index (χ1) is 16.0. The monoisotopic (exact) mass is 448 g/mol. The molecule has 1 saturated heterocycles. The van der Waals surface area contributed by atoms with Gasteiger partial charge in [0.1, 0.15) is 17.4 Å². The summed E-state index contributed by atoms with van der Waals surface area (Å²) < 4.78 is 18.6. The molecule has 2 amide bonds. The van der Waals surface area contributed by atoms with Crippen molar-refractivity contribution >= 4 is 17.5 Å². The number of aromatic nitrogens is 2. The van der Waals surface area contributed by atoms with Gasteiger partial charge in [-0.15, -0.1) is 0 Å². The van der Waals surface area contributed by atoms with Gasteiger partial charge >= 0.3 is 0 Å². The topological polar surface area (TPSA) is 84.4 Å². The zero-order valence-electron chi connectivity index (χ0n) is 18.3. The molecule has 2 heterocycles. The van der Waals surface area contributed by atoms with Crippen molar-refractivity contribution in [2.75, 3.05) is 25.0 Å². The van der Waals surface area contributed by atoms with Gasteiger partial charge in [0.05, 0.1) is 11.3 Å². The van der Waals surface area contributed by atoms with E-state index in [1.54, 1.807) is 11.8 Å². The third-order valence-electron chi connectivity index (χ3n) is 5.66. The van der Waals surface area contributed by atoms with E-state index in [0.29, 0.717) is 41.6 Å². The van der Waals surface area contributed by atoms with E-state index < -0.39 is 0 Å². The Morgan fingerprint density at radius 3 is 2.45 bits per heavy atom. The van der Waals surface area contributed by atoms with Gasteiger partial charge in [0.2, 0.25) is 0 Å². The quantitative estimate of drug-likeness (QED) is 0.617. The number of hydrogen-bond acceptors (Lipinski definition) is 5. The van der Waals surface area contributed by atoms with E-state index in [0.717, 1.165) is 12.8 Å². The zero-order chi connectivity index (χ0) is 23.2. The fourth-order valence-electron chi connectivity index (χ4n) is 3.78. The summed E-state index contributed by atoms with van der Waals surface area (Å²) in [5.41, 5.74) is 1.45. The SMILES string of the molecule is Cc1nc(C2CCN(C(=O)COc3ccccc3)CC2)ncc1C(=O)Nc1ccc(F)cc1. The third kappa shape index (κ3) is 5.71. The van der Waals surface area contributed by atoms with Crippen molar-refractivity contribution in [3.63, 3.8) is 0 Å². The Balaban J connectivity index is 1.31. The second-order valence-corrected chi connectivity index (χ2v) is 7.95. The predicted molar refractivity (Wildman–Crippen MR) is 122 cm³/mol. The Morgan fingerprint density at radius 2 is 1.79 bits per heavy atom. The van der Waals surface area contributed by atoms with Crippen LogP contribution < -0.4 is 10.1 Å². The maximum Gasteiger partial charge on any atom is 0.260 e. The molecule has 1 aliphatic heterocycles. The molecule has 33 heavy (non-hydrogen) atoms. The number of anilines is 1. The molecule has 1 aromatic heterocycles. The molecule has 2 aromatic carbocycles. The first-order valence-electron chi connectivity index (χ1n) is 10.9. The molecule has 0 spiro atoms. The second-order valence-electron chi connectivity index (χ2n) is 7.95. The molecule has 0 bridgehead atoms. The lowest BCUT2D eigenvalue weighted by Crippen LogP contribution is -2.40. The molecular weight excluding hydrogens is 423 g/mol. The standard InChI is InChI=1S/C25H25FN4O3/c1-17-22(25(32)29-20-9-7-19(26)8-10-20)15-27-24(28-17)18-11-13-30(14-12-18)23(31)16-33-21-5-3-2-4-6-21/h2-10,15,18H,11-14,16H2,1H3,(H,29,32). The Kier molecular flexibility index (Phi) is 6.92. The van der Waals surface area contributed by atoms with Crippen molar-refractivity contribution in [2.24, 2.45) is 0 Å². The van der Waals surface area contributed by atoms with E-state index in [1.807, 2.05) is 30.3 Å². The summed E-state index contributed by atoms with van der Waals surface area (Å²) >= 11 is 0. The number of amides is 2. The van der Waals surface area contributed by atoms with Crippen molar-refractivity contribution in [3.05, 3.63) is 83.7 Å². The Hall–Kier alpha value is -3.81. The molecule has 0 atom stereocenters. The average molecular weight is 448 g/mol. The fraction of sp³-hybridized carbons (Fsp3) is 0.280. The number of aryl methyl sites for hydroxylation is 1. The molecule has 4 rings (SSSR count). The summed E-state index contributed by atoms with van der Waals surface area (Å²) in [6.45, 7) is 3.00. The largest absolute Gasteiger partial charge is 0.484 e. The number of hydrogen-bond donors (Lipinski definition) is 1. The van der Waals surface area contributed by atoms with Crippen molar-refractivity contribution in [2.45, 2.75) is 25.7 Å². The number of rotatable bonds is 6. The summed E-state index contributed by atoms with van der Waals surface area (Å²) in [5.74, 6) is 0.726. The molecule has 170 valence electrons. The molecule has 1 N–H and O–H groups in total. The van der Waals surface area contributed by atoms with Gasteiger partial charge in [0.15, 0.2) is 6.61 Å². The highest BCUT2D eigenvalue weighted by molar-refractivity contribution is 6.04. The molecular formula is C25H25FN4O3. The lowest BCUT2D eigenvalue weighted by Gasteiger charge is -2.31. The zero-order valence-corrected chi connectivity index (χ0v) is 18.3. The number of carbonyl (C=O) groups excluding carboxylic acids is 2. The molecule has 8 heteroatoms. The summed E-state index contributed by atoms with van der Waals surface area (Å²) in [6.07, 6.45) is 3.02. The first-order valence-corrected chi connectivity index (χ1v) is 10.9. The van der Waals surface area contributed by atoms with E-state index in [9.17, 15) is 14.0 Å².